The van der Waals surface area contributed by atoms with E-state index in [1.165, 1.54) is 7.11 Å². The standard InChI is InChI=1S/C10H10ClNO2/c1-14-10(13)7-12-6-8-4-2-3-5-9(8)11/h2-6H,7H2,1H3. The first-order valence-electron chi connectivity index (χ1n) is 4.05. The minimum Gasteiger partial charge on any atom is -0.468 e. The molecule has 0 fully saturated rings. The summed E-state index contributed by atoms with van der Waals surface area (Å²) < 4.78 is 4.43. The van der Waals surface area contributed by atoms with Crippen molar-refractivity contribution in [3.8, 4) is 0 Å². The summed E-state index contributed by atoms with van der Waals surface area (Å²) in [7, 11) is 1.33. The SMILES string of the molecule is COC(=O)CN=Cc1ccccc1Cl. The first-order chi connectivity index (χ1) is 6.74. The van der Waals surface area contributed by atoms with E-state index < -0.39 is 0 Å². The van der Waals surface area contributed by atoms with Gasteiger partial charge in [-0.15, -0.1) is 0 Å². The van der Waals surface area contributed by atoms with Crippen molar-refractivity contribution < 1.29 is 9.53 Å². The maximum atomic E-state index is 10.7. The van der Waals surface area contributed by atoms with Crippen LogP contribution in [0.15, 0.2) is 29.3 Å². The Hall–Kier alpha value is -1.35. The highest BCUT2D eigenvalue weighted by Crippen LogP contribution is 2.12. The molecule has 0 N–H and O–H groups in total. The van der Waals surface area contributed by atoms with Gasteiger partial charge >= 0.3 is 5.97 Å². The van der Waals surface area contributed by atoms with Gasteiger partial charge in [0.1, 0.15) is 6.54 Å². The highest BCUT2D eigenvalue weighted by atomic mass is 35.5. The number of benzene rings is 1. The van der Waals surface area contributed by atoms with Crippen molar-refractivity contribution in [1.82, 2.24) is 0 Å². The molecule has 0 heterocycles. The second-order valence-electron chi connectivity index (χ2n) is 2.57. The number of nitrogens with zero attached hydrogens (tertiary/aromatic N) is 1. The van der Waals surface area contributed by atoms with E-state index >= 15 is 0 Å². The van der Waals surface area contributed by atoms with Crippen LogP contribution in [0.5, 0.6) is 0 Å². The quantitative estimate of drug-likeness (QED) is 0.566. The van der Waals surface area contributed by atoms with Crippen LogP contribution in [0.2, 0.25) is 5.02 Å². The summed E-state index contributed by atoms with van der Waals surface area (Å²) in [5.74, 6) is -0.367. The number of hydrogen-bond acceptors (Lipinski definition) is 3. The van der Waals surface area contributed by atoms with Crippen LogP contribution in [0.1, 0.15) is 5.56 Å². The van der Waals surface area contributed by atoms with Crippen molar-refractivity contribution in [2.45, 2.75) is 0 Å². The molecule has 0 atom stereocenters. The predicted octanol–water partition coefficient (Wildman–Crippen LogP) is 1.93. The lowest BCUT2D eigenvalue weighted by Crippen LogP contribution is -2.04. The highest BCUT2D eigenvalue weighted by Gasteiger charge is 1.97. The van der Waals surface area contributed by atoms with Crippen molar-refractivity contribution in [3.05, 3.63) is 34.9 Å². The number of methoxy groups -OCH3 is 1. The first-order valence-corrected chi connectivity index (χ1v) is 4.43. The lowest BCUT2D eigenvalue weighted by atomic mass is 10.2. The number of ether oxygens (including phenoxy) is 1. The van der Waals surface area contributed by atoms with Crippen LogP contribution in [-0.2, 0) is 9.53 Å². The van der Waals surface area contributed by atoms with Crippen LogP contribution in [0.25, 0.3) is 0 Å². The molecular weight excluding hydrogens is 202 g/mol. The largest absolute Gasteiger partial charge is 0.468 e. The molecule has 0 aliphatic heterocycles. The minimum atomic E-state index is -0.367. The molecule has 0 amide bonds. The molecule has 0 saturated heterocycles. The van der Waals surface area contributed by atoms with Crippen LogP contribution in [0.3, 0.4) is 0 Å². The molecule has 0 aliphatic rings. The van der Waals surface area contributed by atoms with E-state index in [0.29, 0.717) is 5.02 Å². The fourth-order valence-electron chi connectivity index (χ4n) is 0.863. The Labute approximate surface area is 87.4 Å². The maximum Gasteiger partial charge on any atom is 0.327 e. The number of esters is 1. The van der Waals surface area contributed by atoms with Crippen molar-refractivity contribution in [1.29, 1.82) is 0 Å². The fourth-order valence-corrected chi connectivity index (χ4v) is 1.05. The van der Waals surface area contributed by atoms with Crippen molar-refractivity contribution >= 4 is 23.8 Å². The maximum absolute atomic E-state index is 10.7. The molecule has 0 aliphatic carbocycles. The van der Waals surface area contributed by atoms with Gasteiger partial charge in [0.15, 0.2) is 0 Å². The van der Waals surface area contributed by atoms with Gasteiger partial charge in [0.2, 0.25) is 0 Å². The van der Waals surface area contributed by atoms with Crippen molar-refractivity contribution in [2.75, 3.05) is 13.7 Å². The number of halogens is 1. The Morgan fingerprint density at radius 3 is 2.93 bits per heavy atom. The molecule has 14 heavy (non-hydrogen) atoms. The molecule has 0 unspecified atom stereocenters. The van der Waals surface area contributed by atoms with Crippen LogP contribution in [0, 0.1) is 0 Å². The van der Waals surface area contributed by atoms with Crippen LogP contribution in [0.4, 0.5) is 0 Å². The summed E-state index contributed by atoms with van der Waals surface area (Å²) in [5, 5.41) is 0.612. The number of carbonyl (C=O) groups is 1. The van der Waals surface area contributed by atoms with E-state index in [1.54, 1.807) is 12.3 Å². The van der Waals surface area contributed by atoms with Gasteiger partial charge in [-0.1, -0.05) is 29.8 Å². The minimum absolute atomic E-state index is 0.0156. The van der Waals surface area contributed by atoms with E-state index in [1.807, 2.05) is 18.2 Å². The van der Waals surface area contributed by atoms with Gasteiger partial charge in [0, 0.05) is 16.8 Å². The highest BCUT2D eigenvalue weighted by molar-refractivity contribution is 6.33. The molecule has 1 aromatic rings. The van der Waals surface area contributed by atoms with E-state index in [9.17, 15) is 4.79 Å². The molecule has 0 radical (unpaired) electrons. The Morgan fingerprint density at radius 1 is 1.57 bits per heavy atom. The molecule has 0 bridgehead atoms. The molecule has 0 spiro atoms. The third kappa shape index (κ3) is 3.18. The van der Waals surface area contributed by atoms with Gasteiger partial charge < -0.3 is 4.74 Å². The first kappa shape index (κ1) is 10.7. The Bertz CT molecular complexity index is 350. The van der Waals surface area contributed by atoms with Gasteiger partial charge in [0.05, 0.1) is 7.11 Å². The number of hydrogen-bond donors (Lipinski definition) is 0. The Balaban J connectivity index is 2.60. The predicted molar refractivity (Wildman–Crippen MR) is 55.9 cm³/mol. The summed E-state index contributed by atoms with van der Waals surface area (Å²) in [6.07, 6.45) is 1.55. The smallest absolute Gasteiger partial charge is 0.327 e. The third-order valence-corrected chi connectivity index (χ3v) is 1.93. The number of carbonyl (C=O) groups excluding carboxylic acids is 1. The normalized spacial score (nSPS) is 10.4. The lowest BCUT2D eigenvalue weighted by Gasteiger charge is -1.96. The Morgan fingerprint density at radius 2 is 2.29 bits per heavy atom. The topological polar surface area (TPSA) is 38.7 Å². The second kappa shape index (κ2) is 5.40. The molecule has 0 saturated carbocycles. The fraction of sp³-hybridized carbons (Fsp3) is 0.200. The molecule has 3 nitrogen and oxygen atoms in total. The van der Waals surface area contributed by atoms with E-state index in [0.717, 1.165) is 5.56 Å². The molecule has 1 rings (SSSR count). The molecule has 74 valence electrons. The van der Waals surface area contributed by atoms with Gasteiger partial charge in [-0.25, -0.2) is 0 Å². The average Bonchev–Trinajstić information content (AvgIpc) is 2.20. The Kier molecular flexibility index (Phi) is 4.13. The summed E-state index contributed by atoms with van der Waals surface area (Å²) in [4.78, 5) is 14.6. The second-order valence-corrected chi connectivity index (χ2v) is 2.97. The summed E-state index contributed by atoms with van der Waals surface area (Å²) >= 11 is 5.87. The van der Waals surface area contributed by atoms with Crippen LogP contribution < -0.4 is 0 Å². The van der Waals surface area contributed by atoms with E-state index in [2.05, 4.69) is 9.73 Å². The van der Waals surface area contributed by atoms with Gasteiger partial charge in [0.25, 0.3) is 0 Å². The van der Waals surface area contributed by atoms with Crippen molar-refractivity contribution in [2.24, 2.45) is 4.99 Å². The van der Waals surface area contributed by atoms with Crippen LogP contribution >= 0.6 is 11.6 Å². The number of aliphatic imine (C=N–C) groups is 1. The summed E-state index contributed by atoms with van der Waals surface area (Å²) in [5.41, 5.74) is 0.790. The lowest BCUT2D eigenvalue weighted by molar-refractivity contribution is -0.138. The van der Waals surface area contributed by atoms with Crippen LogP contribution in [-0.4, -0.2) is 25.8 Å². The molecule has 0 aromatic heterocycles. The summed E-state index contributed by atoms with van der Waals surface area (Å²) in [6, 6.07) is 7.27. The molecular formula is C10H10ClNO2. The third-order valence-electron chi connectivity index (χ3n) is 1.58. The average molecular weight is 212 g/mol. The van der Waals surface area contributed by atoms with Crippen molar-refractivity contribution in [3.63, 3.8) is 0 Å². The van der Waals surface area contributed by atoms with Gasteiger partial charge in [-0.3, -0.25) is 9.79 Å². The summed E-state index contributed by atoms with van der Waals surface area (Å²) in [6.45, 7) is 0.0156. The van der Waals surface area contributed by atoms with Gasteiger partial charge in [-0.2, -0.15) is 0 Å². The van der Waals surface area contributed by atoms with E-state index in [-0.39, 0.29) is 12.5 Å². The van der Waals surface area contributed by atoms with E-state index in [4.69, 9.17) is 11.6 Å². The monoisotopic (exact) mass is 211 g/mol. The molecule has 4 heteroatoms. The zero-order chi connectivity index (χ0) is 10.4. The number of rotatable bonds is 3. The molecule has 1 aromatic carbocycles. The zero-order valence-electron chi connectivity index (χ0n) is 7.74. The zero-order valence-corrected chi connectivity index (χ0v) is 8.49. The van der Waals surface area contributed by atoms with Gasteiger partial charge in [-0.05, 0) is 6.07 Å².